The molecule has 0 spiro atoms. The molecule has 0 N–H and O–H groups in total. The van der Waals surface area contributed by atoms with E-state index >= 15 is 0 Å². The van der Waals surface area contributed by atoms with E-state index in [1.807, 2.05) is 42.2 Å². The van der Waals surface area contributed by atoms with E-state index in [0.717, 1.165) is 23.3 Å². The number of aromatic nitrogens is 2. The van der Waals surface area contributed by atoms with E-state index in [9.17, 15) is 28.1 Å². The number of rotatable bonds is 6. The van der Waals surface area contributed by atoms with Crippen LogP contribution in [0.25, 0.3) is 11.4 Å². The first-order valence-electron chi connectivity index (χ1n) is 13.0. The van der Waals surface area contributed by atoms with Crippen molar-refractivity contribution in [1.29, 1.82) is 0 Å². The van der Waals surface area contributed by atoms with Crippen molar-refractivity contribution in [3.05, 3.63) is 117 Å². The van der Waals surface area contributed by atoms with Gasteiger partial charge in [0.15, 0.2) is 5.82 Å². The van der Waals surface area contributed by atoms with Crippen LogP contribution in [0.2, 0.25) is 0 Å². The van der Waals surface area contributed by atoms with Crippen LogP contribution in [0, 0.1) is 17.0 Å². The molecule has 4 aromatic rings. The molecule has 0 atom stereocenters. The number of nitro groups is 1. The molecule has 0 radical (unpaired) electrons. The number of hydrogen-bond donors (Lipinski definition) is 0. The van der Waals surface area contributed by atoms with Gasteiger partial charge in [0.05, 0.1) is 10.5 Å². The number of anilines is 1. The van der Waals surface area contributed by atoms with Gasteiger partial charge >= 0.3 is 6.18 Å². The van der Waals surface area contributed by atoms with E-state index in [2.05, 4.69) is 4.98 Å². The van der Waals surface area contributed by atoms with Gasteiger partial charge in [0.2, 0.25) is 0 Å². The van der Waals surface area contributed by atoms with Crippen molar-refractivity contribution in [3.63, 3.8) is 0 Å². The fraction of sp³-hybridized carbons (Fsp3) is 0.233. The number of carbonyl (C=O) groups is 1. The molecule has 1 aromatic heterocycles. The summed E-state index contributed by atoms with van der Waals surface area (Å²) in [5.41, 5.74) is 2.11. The molecule has 0 bridgehead atoms. The summed E-state index contributed by atoms with van der Waals surface area (Å²) in [4.78, 5) is 36.7. The topological polar surface area (TPSA) is 92.5 Å². The number of alkyl halides is 3. The first kappa shape index (κ1) is 27.8. The van der Waals surface area contributed by atoms with Crippen molar-refractivity contribution < 1.29 is 22.9 Å². The highest BCUT2D eigenvalue weighted by Crippen LogP contribution is 2.33. The van der Waals surface area contributed by atoms with Crippen LogP contribution < -0.4 is 4.90 Å². The predicted octanol–water partition coefficient (Wildman–Crippen LogP) is 5.93. The van der Waals surface area contributed by atoms with Gasteiger partial charge in [-0.15, -0.1) is 0 Å². The zero-order valence-electron chi connectivity index (χ0n) is 22.1. The number of piperazine rings is 1. The zero-order valence-corrected chi connectivity index (χ0v) is 22.1. The smallest absolute Gasteiger partial charge is 0.353 e. The molecule has 210 valence electrons. The maximum atomic E-state index is 13.4. The number of aryl methyl sites for hydroxylation is 1. The number of nitrogens with zero attached hydrogens (tertiary/aromatic N) is 5. The lowest BCUT2D eigenvalue weighted by Gasteiger charge is -2.36. The van der Waals surface area contributed by atoms with Crippen LogP contribution in [-0.4, -0.2) is 51.9 Å². The van der Waals surface area contributed by atoms with Crippen LogP contribution in [0.4, 0.5) is 24.7 Å². The fourth-order valence-corrected chi connectivity index (χ4v) is 4.87. The summed E-state index contributed by atoms with van der Waals surface area (Å²) in [6.07, 6.45) is -3.97. The molecule has 0 unspecified atom stereocenters. The van der Waals surface area contributed by atoms with Crippen LogP contribution in [0.3, 0.4) is 0 Å². The van der Waals surface area contributed by atoms with E-state index in [1.54, 1.807) is 17.0 Å². The Morgan fingerprint density at radius 1 is 0.927 bits per heavy atom. The molecule has 1 amide bonds. The van der Waals surface area contributed by atoms with Gasteiger partial charge in [-0.3, -0.25) is 14.9 Å². The second kappa shape index (κ2) is 11.4. The number of non-ortho nitro benzene ring substituents is 1. The zero-order chi connectivity index (χ0) is 29.1. The van der Waals surface area contributed by atoms with Crippen molar-refractivity contribution in [2.45, 2.75) is 19.5 Å². The van der Waals surface area contributed by atoms with Crippen LogP contribution >= 0.6 is 0 Å². The minimum Gasteiger partial charge on any atom is -0.353 e. The number of nitro benzene ring substituents is 1. The first-order valence-corrected chi connectivity index (χ1v) is 13.0. The van der Waals surface area contributed by atoms with E-state index in [4.69, 9.17) is 4.98 Å². The van der Waals surface area contributed by atoms with Crippen LogP contribution in [0.1, 0.15) is 32.7 Å². The fourth-order valence-electron chi connectivity index (χ4n) is 4.87. The van der Waals surface area contributed by atoms with Gasteiger partial charge in [-0.2, -0.15) is 13.2 Å². The summed E-state index contributed by atoms with van der Waals surface area (Å²) in [7, 11) is 0. The first-order chi connectivity index (χ1) is 19.6. The molecule has 1 aliphatic rings. The Bertz CT molecular complexity index is 1590. The third-order valence-electron chi connectivity index (χ3n) is 7.03. The summed E-state index contributed by atoms with van der Waals surface area (Å²) >= 11 is 0. The molecular weight excluding hydrogens is 535 g/mol. The van der Waals surface area contributed by atoms with Gasteiger partial charge in [0.1, 0.15) is 5.82 Å². The summed E-state index contributed by atoms with van der Waals surface area (Å²) in [6.45, 7) is 3.34. The molecule has 1 aliphatic heterocycles. The molecule has 41 heavy (non-hydrogen) atoms. The van der Waals surface area contributed by atoms with Gasteiger partial charge < -0.3 is 9.80 Å². The molecule has 0 aliphatic carbocycles. The Hall–Kier alpha value is -4.80. The largest absolute Gasteiger partial charge is 0.416 e. The maximum Gasteiger partial charge on any atom is 0.416 e. The average molecular weight is 562 g/mol. The lowest BCUT2D eigenvalue weighted by molar-refractivity contribution is -0.384. The van der Waals surface area contributed by atoms with Crippen molar-refractivity contribution >= 4 is 17.4 Å². The molecule has 2 heterocycles. The van der Waals surface area contributed by atoms with Crippen LogP contribution in [-0.2, 0) is 12.6 Å². The molecule has 5 rings (SSSR count). The summed E-state index contributed by atoms with van der Waals surface area (Å²) in [5.74, 6) is 0.494. The summed E-state index contributed by atoms with van der Waals surface area (Å²) < 4.78 is 40.2. The SMILES string of the molecule is Cc1nc(-c2cccc(C(F)(F)F)c2)nc(N2CCN(C(=O)c3cccc([N+](=O)[O-])c3)CC2)c1Cc1ccccc1. The van der Waals surface area contributed by atoms with E-state index in [1.165, 1.54) is 24.3 Å². The van der Waals surface area contributed by atoms with Crippen molar-refractivity contribution in [1.82, 2.24) is 14.9 Å². The van der Waals surface area contributed by atoms with Gasteiger partial charge in [0.25, 0.3) is 11.6 Å². The lowest BCUT2D eigenvalue weighted by atomic mass is 10.0. The maximum absolute atomic E-state index is 13.4. The average Bonchev–Trinajstić information content (AvgIpc) is 2.98. The highest BCUT2D eigenvalue weighted by atomic mass is 19.4. The van der Waals surface area contributed by atoms with Crippen molar-refractivity contribution in [2.75, 3.05) is 31.1 Å². The number of benzene rings is 3. The van der Waals surface area contributed by atoms with Gasteiger partial charge in [-0.05, 0) is 30.7 Å². The Labute approximate surface area is 234 Å². The molecule has 0 saturated carbocycles. The molecule has 11 heteroatoms. The van der Waals surface area contributed by atoms with Crippen molar-refractivity contribution in [3.8, 4) is 11.4 Å². The third kappa shape index (κ3) is 6.19. The van der Waals surface area contributed by atoms with E-state index in [-0.39, 0.29) is 28.5 Å². The second-order valence-corrected chi connectivity index (χ2v) is 9.76. The lowest BCUT2D eigenvalue weighted by Crippen LogP contribution is -2.49. The number of carbonyl (C=O) groups excluding carboxylic acids is 1. The Balaban J connectivity index is 1.45. The Morgan fingerprint density at radius 3 is 2.32 bits per heavy atom. The van der Waals surface area contributed by atoms with Gasteiger partial charge in [0, 0.05) is 67.1 Å². The monoisotopic (exact) mass is 561 g/mol. The number of hydrogen-bond acceptors (Lipinski definition) is 6. The number of amides is 1. The standard InChI is InChI=1S/C30H26F3N5O3/c1-20-26(17-21-7-3-2-4-8-21)28(35-27(34-20)22-9-5-11-24(18-22)30(31,32)33)36-13-15-37(16-14-36)29(39)23-10-6-12-25(19-23)38(40)41/h2-12,18-19H,13-17H2,1H3. The minimum atomic E-state index is -4.50. The van der Waals surface area contributed by atoms with E-state index in [0.29, 0.717) is 44.1 Å². The van der Waals surface area contributed by atoms with Crippen LogP contribution in [0.15, 0.2) is 78.9 Å². The highest BCUT2D eigenvalue weighted by molar-refractivity contribution is 5.95. The minimum absolute atomic E-state index is 0.154. The number of halogens is 3. The van der Waals surface area contributed by atoms with Crippen molar-refractivity contribution in [2.24, 2.45) is 0 Å². The molecule has 1 saturated heterocycles. The second-order valence-electron chi connectivity index (χ2n) is 9.76. The molecule has 8 nitrogen and oxygen atoms in total. The molecule has 1 fully saturated rings. The van der Waals surface area contributed by atoms with Gasteiger partial charge in [-0.1, -0.05) is 48.5 Å². The predicted molar refractivity (Wildman–Crippen MR) is 148 cm³/mol. The summed E-state index contributed by atoms with van der Waals surface area (Å²) in [5, 5.41) is 11.1. The third-order valence-corrected chi connectivity index (χ3v) is 7.03. The van der Waals surface area contributed by atoms with E-state index < -0.39 is 16.7 Å². The van der Waals surface area contributed by atoms with Gasteiger partial charge in [-0.25, -0.2) is 9.97 Å². The molecular formula is C30H26F3N5O3. The quantitative estimate of drug-likeness (QED) is 0.214. The Morgan fingerprint density at radius 2 is 1.63 bits per heavy atom. The van der Waals surface area contributed by atoms with Crippen LogP contribution in [0.5, 0.6) is 0 Å². The Kier molecular flexibility index (Phi) is 7.69. The highest BCUT2D eigenvalue weighted by Gasteiger charge is 2.31. The molecule has 3 aromatic carbocycles. The summed E-state index contributed by atoms with van der Waals surface area (Å²) in [6, 6.07) is 20.3. The normalized spacial score (nSPS) is 13.8.